The van der Waals surface area contributed by atoms with Crippen LogP contribution in [0.4, 0.5) is 14.9 Å². The van der Waals surface area contributed by atoms with E-state index in [0.717, 1.165) is 29.9 Å². The predicted octanol–water partition coefficient (Wildman–Crippen LogP) is 5.89. The first-order valence-corrected chi connectivity index (χ1v) is 15.1. The highest BCUT2D eigenvalue weighted by Crippen LogP contribution is 2.41. The fraction of sp³-hybridized carbons (Fsp3) is 0.324. The van der Waals surface area contributed by atoms with E-state index in [4.69, 9.17) is 4.42 Å². The molecule has 5 rings (SSSR count). The van der Waals surface area contributed by atoms with Gasteiger partial charge in [0.25, 0.3) is 11.8 Å². The lowest BCUT2D eigenvalue weighted by molar-refractivity contribution is 0.0947. The topological polar surface area (TPSA) is 107 Å². The number of nitrogens with zero attached hydrogens (tertiary/aromatic N) is 2. The molecule has 1 saturated heterocycles. The summed E-state index contributed by atoms with van der Waals surface area (Å²) in [6.45, 7) is 11.6. The van der Waals surface area contributed by atoms with Gasteiger partial charge in [0.15, 0.2) is 0 Å². The van der Waals surface area contributed by atoms with E-state index in [1.54, 1.807) is 30.1 Å². The van der Waals surface area contributed by atoms with Crippen LogP contribution in [0.25, 0.3) is 33.4 Å². The number of hydrogen-bond acceptors (Lipinski definition) is 5. The molecule has 4 aromatic rings. The Kier molecular flexibility index (Phi) is 10.6. The van der Waals surface area contributed by atoms with Gasteiger partial charge in [-0.15, -0.1) is 0 Å². The molecular weight excluding hydrogens is 561 g/mol. The minimum absolute atomic E-state index is 0.122. The van der Waals surface area contributed by atoms with Crippen molar-refractivity contribution >= 4 is 34.5 Å². The molecule has 2 heterocycles. The van der Waals surface area contributed by atoms with E-state index in [-0.39, 0.29) is 23.7 Å². The van der Waals surface area contributed by atoms with Crippen molar-refractivity contribution in [3.05, 3.63) is 77.6 Å². The minimum atomic E-state index is -0.382. The zero-order valence-electron chi connectivity index (χ0n) is 25.9. The Labute approximate surface area is 257 Å². The number of halogens is 1. The summed E-state index contributed by atoms with van der Waals surface area (Å²) in [5, 5.41) is 8.97. The first-order valence-electron chi connectivity index (χ1n) is 15.1. The maximum atomic E-state index is 13.7. The van der Waals surface area contributed by atoms with Crippen molar-refractivity contribution in [2.45, 2.75) is 27.7 Å². The molecular formula is C34H40FN5O4. The predicted molar refractivity (Wildman–Crippen MR) is 173 cm³/mol. The van der Waals surface area contributed by atoms with Gasteiger partial charge in [-0.3, -0.25) is 9.59 Å². The van der Waals surface area contributed by atoms with Crippen molar-refractivity contribution in [3.63, 3.8) is 0 Å². The molecule has 1 fully saturated rings. The van der Waals surface area contributed by atoms with E-state index in [9.17, 15) is 18.8 Å². The van der Waals surface area contributed by atoms with Crippen LogP contribution in [0.2, 0.25) is 0 Å². The van der Waals surface area contributed by atoms with Crippen LogP contribution in [0.5, 0.6) is 0 Å². The summed E-state index contributed by atoms with van der Waals surface area (Å²) in [5.41, 5.74) is 4.48. The maximum absolute atomic E-state index is 13.7. The number of carbonyl (C=O) groups excluding carboxylic acids is 3. The van der Waals surface area contributed by atoms with Crippen LogP contribution < -0.4 is 20.9 Å². The fourth-order valence-corrected chi connectivity index (χ4v) is 5.30. The van der Waals surface area contributed by atoms with Crippen LogP contribution >= 0.6 is 0 Å². The zero-order chi connectivity index (χ0) is 31.8. The lowest BCUT2D eigenvalue weighted by Crippen LogP contribution is -2.36. The van der Waals surface area contributed by atoms with E-state index in [1.807, 2.05) is 44.2 Å². The number of rotatable bonds is 10. The van der Waals surface area contributed by atoms with Crippen molar-refractivity contribution < 1.29 is 23.2 Å². The number of anilines is 1. The molecule has 1 aromatic heterocycles. The van der Waals surface area contributed by atoms with Gasteiger partial charge in [0.2, 0.25) is 0 Å². The molecule has 3 aromatic carbocycles. The molecule has 3 N–H and O–H groups in total. The third kappa shape index (κ3) is 6.69. The van der Waals surface area contributed by atoms with Gasteiger partial charge in [-0.25, -0.2) is 9.18 Å². The van der Waals surface area contributed by atoms with E-state index < -0.39 is 0 Å². The van der Waals surface area contributed by atoms with Crippen LogP contribution in [-0.2, 0) is 0 Å². The van der Waals surface area contributed by atoms with Gasteiger partial charge in [0.1, 0.15) is 17.2 Å². The Balaban J connectivity index is 0.00000216. The molecule has 0 saturated carbocycles. The van der Waals surface area contributed by atoms with Crippen molar-refractivity contribution in [1.29, 1.82) is 0 Å². The standard InChI is InChI=1S/C32H34FN5O4.C2H6/c1-4-37(5-2)26-19-27-25(28(31(40)34-3)29(42-27)20-9-11-23(33)12-10-20)18-24(26)21-7-6-8-22(17-21)30(39)35-13-15-38-16-14-36-32(38)41;1-2/h6-12,17-19H,4-5,13-16H2,1-3H3,(H,34,40)(H,35,39)(H,36,41);1-2H3. The largest absolute Gasteiger partial charge is 0.455 e. The minimum Gasteiger partial charge on any atom is -0.455 e. The van der Waals surface area contributed by atoms with Gasteiger partial charge < -0.3 is 30.2 Å². The van der Waals surface area contributed by atoms with Crippen LogP contribution in [0.1, 0.15) is 48.4 Å². The number of amides is 4. The average Bonchev–Trinajstić information content (AvgIpc) is 3.64. The van der Waals surface area contributed by atoms with E-state index >= 15 is 0 Å². The van der Waals surface area contributed by atoms with Gasteiger partial charge in [0, 0.05) is 80.1 Å². The summed E-state index contributed by atoms with van der Waals surface area (Å²) in [6.07, 6.45) is 0. The first-order chi connectivity index (χ1) is 21.3. The number of benzene rings is 3. The first kappa shape index (κ1) is 32.1. The van der Waals surface area contributed by atoms with Gasteiger partial charge in [-0.1, -0.05) is 26.0 Å². The third-order valence-corrected chi connectivity index (χ3v) is 7.52. The van der Waals surface area contributed by atoms with E-state index in [0.29, 0.717) is 59.6 Å². The molecule has 10 heteroatoms. The third-order valence-electron chi connectivity index (χ3n) is 7.52. The van der Waals surface area contributed by atoms with Gasteiger partial charge in [-0.05, 0) is 61.9 Å². The zero-order valence-corrected chi connectivity index (χ0v) is 25.9. The Morgan fingerprint density at radius 1 is 1.00 bits per heavy atom. The molecule has 0 bridgehead atoms. The van der Waals surface area contributed by atoms with Crippen molar-refractivity contribution in [3.8, 4) is 22.5 Å². The number of carbonyl (C=O) groups is 3. The summed E-state index contributed by atoms with van der Waals surface area (Å²) in [5.74, 6) is -0.593. The molecule has 44 heavy (non-hydrogen) atoms. The van der Waals surface area contributed by atoms with Crippen molar-refractivity contribution in [1.82, 2.24) is 20.9 Å². The second-order valence-corrected chi connectivity index (χ2v) is 9.99. The number of hydrogen-bond donors (Lipinski definition) is 3. The smallest absolute Gasteiger partial charge is 0.317 e. The van der Waals surface area contributed by atoms with Crippen LogP contribution in [0.3, 0.4) is 0 Å². The second kappa shape index (κ2) is 14.5. The Hall–Kier alpha value is -4.86. The molecule has 1 aliphatic heterocycles. The Bertz CT molecular complexity index is 1630. The summed E-state index contributed by atoms with van der Waals surface area (Å²) in [6, 6.07) is 16.9. The summed E-state index contributed by atoms with van der Waals surface area (Å²) >= 11 is 0. The average molecular weight is 602 g/mol. The fourth-order valence-electron chi connectivity index (χ4n) is 5.30. The second-order valence-electron chi connectivity index (χ2n) is 9.99. The molecule has 1 aliphatic rings. The van der Waals surface area contributed by atoms with Gasteiger partial charge in [-0.2, -0.15) is 0 Å². The number of fused-ring (bicyclic) bond motifs is 1. The van der Waals surface area contributed by atoms with Crippen LogP contribution in [0.15, 0.2) is 65.1 Å². The van der Waals surface area contributed by atoms with E-state index in [1.165, 1.54) is 12.1 Å². The lowest BCUT2D eigenvalue weighted by Gasteiger charge is -2.24. The normalized spacial score (nSPS) is 12.4. The van der Waals surface area contributed by atoms with Crippen LogP contribution in [-0.4, -0.2) is 69.1 Å². The SMILES string of the molecule is CC.CCN(CC)c1cc2oc(-c3ccc(F)cc3)c(C(=O)NC)c2cc1-c1cccc(C(=O)NCCN2CCNC2=O)c1. The maximum Gasteiger partial charge on any atom is 0.317 e. The molecule has 4 amide bonds. The molecule has 9 nitrogen and oxygen atoms in total. The molecule has 232 valence electrons. The quantitative estimate of drug-likeness (QED) is 0.210. The van der Waals surface area contributed by atoms with Crippen molar-refractivity contribution in [2.75, 3.05) is 51.2 Å². The highest BCUT2D eigenvalue weighted by atomic mass is 19.1. The number of nitrogens with one attached hydrogen (secondary N) is 3. The highest BCUT2D eigenvalue weighted by Gasteiger charge is 2.25. The number of furan rings is 1. The number of urea groups is 1. The Morgan fingerprint density at radius 3 is 2.36 bits per heavy atom. The molecule has 0 aliphatic carbocycles. The van der Waals surface area contributed by atoms with Crippen LogP contribution in [0, 0.1) is 5.82 Å². The monoisotopic (exact) mass is 601 g/mol. The molecule has 0 unspecified atom stereocenters. The summed E-state index contributed by atoms with van der Waals surface area (Å²) < 4.78 is 19.9. The van der Waals surface area contributed by atoms with Crippen molar-refractivity contribution in [2.24, 2.45) is 0 Å². The molecule has 0 spiro atoms. The summed E-state index contributed by atoms with van der Waals surface area (Å²) in [4.78, 5) is 41.8. The lowest BCUT2D eigenvalue weighted by atomic mass is 9.96. The summed E-state index contributed by atoms with van der Waals surface area (Å²) in [7, 11) is 1.55. The van der Waals surface area contributed by atoms with Gasteiger partial charge in [0.05, 0.1) is 5.56 Å². The molecule has 0 atom stereocenters. The van der Waals surface area contributed by atoms with Gasteiger partial charge >= 0.3 is 6.03 Å². The molecule has 0 radical (unpaired) electrons. The highest BCUT2D eigenvalue weighted by molar-refractivity contribution is 6.13. The Morgan fingerprint density at radius 2 is 1.73 bits per heavy atom. The van der Waals surface area contributed by atoms with E-state index in [2.05, 4.69) is 34.7 Å².